The normalized spacial score (nSPS) is 16.3. The Hall–Kier alpha value is -7.17. The number of fused-ring (bicyclic) bond motifs is 6. The number of aliphatic imine (C=N–C) groups is 2. The van der Waals surface area contributed by atoms with E-state index in [1.165, 1.54) is 55.5 Å². The summed E-state index contributed by atoms with van der Waals surface area (Å²) in [6.45, 7) is 14.8. The molecule has 0 saturated heterocycles. The number of alkyl halides is 1. The maximum atomic E-state index is 14.4. The van der Waals surface area contributed by atoms with Crippen LogP contribution >= 0.6 is 11.6 Å². The number of anilines is 1. The lowest BCUT2D eigenvalue weighted by atomic mass is 9.79. The number of nitrogens with one attached hydrogen (secondary N) is 2. The molecule has 0 radical (unpaired) electrons. The van der Waals surface area contributed by atoms with Crippen molar-refractivity contribution in [3.8, 4) is 0 Å². The Morgan fingerprint density at radius 1 is 0.655 bits per heavy atom. The molecule has 6 rings (SSSR count). The van der Waals surface area contributed by atoms with E-state index in [1.807, 2.05) is 13.8 Å². The van der Waals surface area contributed by atoms with E-state index < -0.39 is 35.7 Å². The molecule has 2 aliphatic heterocycles. The van der Waals surface area contributed by atoms with Gasteiger partial charge in [-0.05, 0) is 129 Å². The van der Waals surface area contributed by atoms with E-state index in [9.17, 15) is 24.0 Å². The summed E-state index contributed by atoms with van der Waals surface area (Å²) in [4.78, 5) is 79.9. The van der Waals surface area contributed by atoms with Gasteiger partial charge in [-0.25, -0.2) is 0 Å². The van der Waals surface area contributed by atoms with Crippen LogP contribution in [0.4, 0.5) is 11.4 Å². The molecule has 0 saturated carbocycles. The third-order valence-electron chi connectivity index (χ3n) is 16.6. The van der Waals surface area contributed by atoms with Crippen molar-refractivity contribution in [3.05, 3.63) is 120 Å². The zero-order valence-electron chi connectivity index (χ0n) is 50.7. The Labute approximate surface area is 502 Å². The van der Waals surface area contributed by atoms with Gasteiger partial charge in [-0.1, -0.05) is 113 Å². The van der Waals surface area contributed by atoms with Crippen LogP contribution in [0.15, 0.2) is 119 Å². The molecule has 0 spiro atoms. The van der Waals surface area contributed by atoms with Crippen molar-refractivity contribution in [3.63, 3.8) is 0 Å². The van der Waals surface area contributed by atoms with Crippen LogP contribution in [-0.2, 0) is 34.8 Å². The third-order valence-corrected chi connectivity index (χ3v) is 16.8. The number of ketones is 3. The van der Waals surface area contributed by atoms with Gasteiger partial charge in [0.1, 0.15) is 12.8 Å². The Kier molecular flexibility index (Phi) is 24.4. The quantitative estimate of drug-likeness (QED) is 0.00578. The molecule has 17 heteroatoms. The molecule has 4 aromatic rings. The summed E-state index contributed by atoms with van der Waals surface area (Å²) >= 11 is 5.94. The average molecular weight is 1170 g/mol. The molecule has 0 fully saturated rings. The first-order valence-corrected chi connectivity index (χ1v) is 30.7. The zero-order valence-corrected chi connectivity index (χ0v) is 51.5. The topological polar surface area (TPSA) is 270 Å². The van der Waals surface area contributed by atoms with E-state index >= 15 is 0 Å². The summed E-state index contributed by atoms with van der Waals surface area (Å²) in [5, 5.41) is 10.8. The van der Waals surface area contributed by atoms with Crippen LogP contribution in [0.5, 0.6) is 0 Å². The van der Waals surface area contributed by atoms with E-state index in [-0.39, 0.29) is 90.7 Å². The first-order chi connectivity index (χ1) is 40.1. The van der Waals surface area contributed by atoms with Crippen molar-refractivity contribution >= 4 is 91.3 Å². The van der Waals surface area contributed by atoms with Gasteiger partial charge >= 0.3 is 0 Å². The van der Waals surface area contributed by atoms with E-state index in [0.717, 1.165) is 19.4 Å². The van der Waals surface area contributed by atoms with Crippen LogP contribution in [0.25, 0.3) is 21.5 Å². The molecule has 2 amide bonds. The molecular formula is C67H93ClN11O5+. The molecule has 4 aromatic carbocycles. The molecule has 452 valence electrons. The molecule has 0 aromatic heterocycles. The second-order valence-electron chi connectivity index (χ2n) is 24.2. The number of halogens is 1. The van der Waals surface area contributed by atoms with E-state index in [1.54, 1.807) is 0 Å². The van der Waals surface area contributed by atoms with Crippen LogP contribution in [0.2, 0.25) is 0 Å². The predicted molar refractivity (Wildman–Crippen MR) is 345 cm³/mol. The fourth-order valence-electron chi connectivity index (χ4n) is 12.4. The van der Waals surface area contributed by atoms with Crippen LogP contribution in [0, 0.1) is 17.8 Å². The van der Waals surface area contributed by atoms with Gasteiger partial charge in [0.25, 0.3) is 0 Å². The van der Waals surface area contributed by atoms with E-state index in [2.05, 4.69) is 168 Å². The van der Waals surface area contributed by atoms with E-state index in [0.29, 0.717) is 57.9 Å². The van der Waals surface area contributed by atoms with Crippen molar-refractivity contribution in [1.82, 2.24) is 10.6 Å². The SMILES string of the molecule is CC(C)C[C@H](CC(=O)[C@H](CCCN=C(N)N)NC(=O)[C@H](CCCCN)CC(=O)CCCCCN1C(=CC=CC=CC2=[N+](C)c3ccc4ccccc4c3C2(C)C)C(C)(C)c2c1ccc1ccccc21)C(=O)N[C@@H](CCCN=C(N)N)C(=O)CCl. The number of rotatable bonds is 34. The number of hydrogen-bond acceptors (Lipinski definition) is 9. The van der Waals surface area contributed by atoms with Crippen molar-refractivity contribution < 1.29 is 28.5 Å². The highest BCUT2D eigenvalue weighted by atomic mass is 35.5. The third kappa shape index (κ3) is 17.2. The number of benzene rings is 4. The number of allylic oxidation sites excluding steroid dienone is 6. The summed E-state index contributed by atoms with van der Waals surface area (Å²) in [5.41, 5.74) is 35.1. The minimum Gasteiger partial charge on any atom is -0.370 e. The highest BCUT2D eigenvalue weighted by Crippen LogP contribution is 2.51. The summed E-state index contributed by atoms with van der Waals surface area (Å²) in [5.74, 6) is -3.59. The van der Waals surface area contributed by atoms with Gasteiger partial charge in [0.2, 0.25) is 17.5 Å². The minimum absolute atomic E-state index is 0.0178. The van der Waals surface area contributed by atoms with Gasteiger partial charge < -0.3 is 44.2 Å². The molecule has 0 aliphatic carbocycles. The first kappa shape index (κ1) is 66.0. The number of nitrogens with two attached hydrogens (primary N) is 5. The fourth-order valence-corrected chi connectivity index (χ4v) is 12.6. The number of carbonyl (C=O) groups is 5. The number of nitrogens with zero attached hydrogens (tertiary/aromatic N) is 4. The number of hydrogen-bond donors (Lipinski definition) is 7. The van der Waals surface area contributed by atoms with Crippen LogP contribution < -0.4 is 44.2 Å². The zero-order chi connectivity index (χ0) is 61.1. The second-order valence-corrected chi connectivity index (χ2v) is 24.4. The maximum Gasteiger partial charge on any atom is 0.224 e. The smallest absolute Gasteiger partial charge is 0.224 e. The van der Waals surface area contributed by atoms with Gasteiger partial charge in [-0.3, -0.25) is 34.0 Å². The summed E-state index contributed by atoms with van der Waals surface area (Å²) in [6, 6.07) is 24.2. The lowest BCUT2D eigenvalue weighted by Gasteiger charge is -2.27. The van der Waals surface area contributed by atoms with Gasteiger partial charge in [-0.15, -0.1) is 11.6 Å². The number of carbonyl (C=O) groups excluding carboxylic acids is 5. The lowest BCUT2D eigenvalue weighted by molar-refractivity contribution is -0.401. The lowest BCUT2D eigenvalue weighted by Crippen LogP contribution is -2.47. The highest BCUT2D eigenvalue weighted by molar-refractivity contribution is 6.28. The number of Topliss-reactive ketones (excluding diaryl/α,β-unsaturated/α-hetero) is 3. The Balaban J connectivity index is 1.12. The largest absolute Gasteiger partial charge is 0.370 e. The maximum absolute atomic E-state index is 14.4. The molecule has 0 bridgehead atoms. The molecule has 0 unspecified atom stereocenters. The standard InChI is InChI=1S/C67H92ClN11O5/c1-44(2)40-48(63(84)77-53(57(82)43-68)29-21-38-75-65(72)73)42-56(81)52(28-20-37-74-64(70)71)76-62(83)47(24-17-18-36-69)41-49(80)25-10-9-19-39-79-55-35-33-46-23-14-16-27-51(46)61(55)67(5,6)59(79)31-12-8-11-30-58-66(3,4)60-50-26-15-13-22-45(50)32-34-54(60)78(58)7/h8,11-16,22-23,26-27,30-35,44,47-48,52-53H,9-10,17-21,24-25,28-29,36-43,69H2,1-7H3,(H9-,70,71,72,73,74,75,76,77,83,84)/p+1/t47-,48-,52+,53+/m1/s1. The van der Waals surface area contributed by atoms with E-state index in [4.69, 9.17) is 40.3 Å². The summed E-state index contributed by atoms with van der Waals surface area (Å²) < 4.78 is 2.31. The van der Waals surface area contributed by atoms with Gasteiger partial charge in [-0.2, -0.15) is 4.58 Å². The Bertz CT molecular complexity index is 3170. The molecule has 2 aliphatic rings. The van der Waals surface area contributed by atoms with Gasteiger partial charge in [0.05, 0.1) is 23.4 Å². The van der Waals surface area contributed by atoms with Gasteiger partial charge in [0.15, 0.2) is 29.2 Å². The van der Waals surface area contributed by atoms with Crippen LogP contribution in [0.1, 0.15) is 143 Å². The highest BCUT2D eigenvalue weighted by Gasteiger charge is 2.44. The fraction of sp³-hybridized carbons (Fsp3) is 0.493. The van der Waals surface area contributed by atoms with Gasteiger partial charge in [0, 0.05) is 85.2 Å². The molecule has 4 atom stereocenters. The molecule has 16 nitrogen and oxygen atoms in total. The number of guanidine groups is 2. The summed E-state index contributed by atoms with van der Waals surface area (Å²) in [7, 11) is 2.15. The van der Waals surface area contributed by atoms with Crippen LogP contribution in [-0.4, -0.2) is 103 Å². The second kappa shape index (κ2) is 31.1. The molecular weight excluding hydrogens is 1070 g/mol. The number of amides is 2. The average Bonchev–Trinajstić information content (AvgIpc) is 3.20. The van der Waals surface area contributed by atoms with Crippen molar-refractivity contribution in [1.29, 1.82) is 0 Å². The van der Waals surface area contributed by atoms with Crippen LogP contribution in [0.3, 0.4) is 0 Å². The summed E-state index contributed by atoms with van der Waals surface area (Å²) in [6.07, 6.45) is 16.6. The first-order valence-electron chi connectivity index (χ1n) is 30.1. The molecule has 84 heavy (non-hydrogen) atoms. The number of unbranched alkanes of at least 4 members (excludes halogenated alkanes) is 3. The molecule has 12 N–H and O–H groups in total. The Morgan fingerprint density at radius 3 is 1.86 bits per heavy atom. The predicted octanol–water partition coefficient (Wildman–Crippen LogP) is 9.56. The monoisotopic (exact) mass is 1170 g/mol. The van der Waals surface area contributed by atoms with Crippen molar-refractivity contribution in [2.45, 2.75) is 154 Å². The Morgan fingerprint density at radius 2 is 1.25 bits per heavy atom. The van der Waals surface area contributed by atoms with Crippen molar-refractivity contribution in [2.24, 2.45) is 56.4 Å². The minimum atomic E-state index is -0.990. The molecule has 2 heterocycles. The van der Waals surface area contributed by atoms with Crippen molar-refractivity contribution in [2.75, 3.05) is 44.0 Å².